The third-order valence-electron chi connectivity index (χ3n) is 4.06. The number of hydrogen-bond acceptors (Lipinski definition) is 3. The molecule has 0 aromatic heterocycles. The second-order valence-corrected chi connectivity index (χ2v) is 5.41. The number of rotatable bonds is 6. The molecule has 19 heavy (non-hydrogen) atoms. The summed E-state index contributed by atoms with van der Waals surface area (Å²) in [7, 11) is 0. The predicted octanol–water partition coefficient (Wildman–Crippen LogP) is 2.52. The van der Waals surface area contributed by atoms with Gasteiger partial charge in [0.2, 0.25) is 0 Å². The van der Waals surface area contributed by atoms with Gasteiger partial charge in [0.05, 0.1) is 6.61 Å². The van der Waals surface area contributed by atoms with Crippen LogP contribution < -0.4 is 10.1 Å². The minimum atomic E-state index is -0.138. The summed E-state index contributed by atoms with van der Waals surface area (Å²) in [5.41, 5.74) is 1.12. The number of benzene rings is 1. The SMILES string of the molecule is CCNC1(CO)CCC(Oc2ccccc2CC)C1. The van der Waals surface area contributed by atoms with Crippen molar-refractivity contribution in [2.45, 2.75) is 51.2 Å². The van der Waals surface area contributed by atoms with Gasteiger partial charge in [0.1, 0.15) is 11.9 Å². The summed E-state index contributed by atoms with van der Waals surface area (Å²) in [5.74, 6) is 1.00. The van der Waals surface area contributed by atoms with Crippen LogP contribution in [0.2, 0.25) is 0 Å². The van der Waals surface area contributed by atoms with Gasteiger partial charge in [0.15, 0.2) is 0 Å². The van der Waals surface area contributed by atoms with Crippen molar-refractivity contribution in [3.63, 3.8) is 0 Å². The first-order valence-corrected chi connectivity index (χ1v) is 7.33. The number of ether oxygens (including phenoxy) is 1. The van der Waals surface area contributed by atoms with Crippen LogP contribution in [0.25, 0.3) is 0 Å². The van der Waals surface area contributed by atoms with Gasteiger partial charge in [-0.1, -0.05) is 32.0 Å². The molecule has 0 saturated heterocycles. The molecule has 2 rings (SSSR count). The summed E-state index contributed by atoms with van der Waals surface area (Å²) >= 11 is 0. The Labute approximate surface area is 116 Å². The van der Waals surface area contributed by atoms with Gasteiger partial charge in [-0.05, 0) is 37.4 Å². The quantitative estimate of drug-likeness (QED) is 0.828. The molecule has 3 nitrogen and oxygen atoms in total. The zero-order valence-electron chi connectivity index (χ0n) is 12.0. The van der Waals surface area contributed by atoms with Gasteiger partial charge in [0, 0.05) is 12.0 Å². The van der Waals surface area contributed by atoms with E-state index < -0.39 is 0 Å². The Morgan fingerprint density at radius 3 is 2.84 bits per heavy atom. The number of aliphatic hydroxyl groups is 1. The van der Waals surface area contributed by atoms with Crippen molar-refractivity contribution in [1.29, 1.82) is 0 Å². The van der Waals surface area contributed by atoms with E-state index in [0.717, 1.165) is 38.0 Å². The van der Waals surface area contributed by atoms with Crippen LogP contribution in [0, 0.1) is 0 Å². The molecule has 106 valence electrons. The van der Waals surface area contributed by atoms with Crippen LogP contribution in [0.1, 0.15) is 38.7 Å². The molecule has 2 N–H and O–H groups in total. The minimum absolute atomic E-state index is 0.138. The highest BCUT2D eigenvalue weighted by Crippen LogP contribution is 2.33. The van der Waals surface area contributed by atoms with Crippen molar-refractivity contribution in [1.82, 2.24) is 5.32 Å². The summed E-state index contributed by atoms with van der Waals surface area (Å²) in [6.07, 6.45) is 4.07. The van der Waals surface area contributed by atoms with Crippen LogP contribution in [0.15, 0.2) is 24.3 Å². The normalized spacial score (nSPS) is 26.6. The molecule has 1 aliphatic carbocycles. The second-order valence-electron chi connectivity index (χ2n) is 5.41. The van der Waals surface area contributed by atoms with Crippen molar-refractivity contribution in [2.75, 3.05) is 13.2 Å². The smallest absolute Gasteiger partial charge is 0.122 e. The van der Waals surface area contributed by atoms with E-state index in [9.17, 15) is 5.11 Å². The third kappa shape index (κ3) is 3.28. The Bertz CT molecular complexity index is 407. The number of aliphatic hydroxyl groups excluding tert-OH is 1. The molecule has 0 amide bonds. The fourth-order valence-corrected chi connectivity index (χ4v) is 3.00. The van der Waals surface area contributed by atoms with Crippen LogP contribution in [0.5, 0.6) is 5.75 Å². The minimum Gasteiger partial charge on any atom is -0.490 e. The molecule has 0 aliphatic heterocycles. The molecule has 1 fully saturated rings. The maximum absolute atomic E-state index is 9.61. The molecule has 3 heteroatoms. The highest BCUT2D eigenvalue weighted by atomic mass is 16.5. The van der Waals surface area contributed by atoms with Crippen molar-refractivity contribution >= 4 is 0 Å². The van der Waals surface area contributed by atoms with Gasteiger partial charge in [0.25, 0.3) is 0 Å². The molecule has 1 aromatic rings. The Hall–Kier alpha value is -1.06. The van der Waals surface area contributed by atoms with Crippen LogP contribution in [0.4, 0.5) is 0 Å². The monoisotopic (exact) mass is 263 g/mol. The Balaban J connectivity index is 2.01. The second kappa shape index (κ2) is 6.40. The molecule has 2 atom stereocenters. The third-order valence-corrected chi connectivity index (χ3v) is 4.06. The Kier molecular flexibility index (Phi) is 4.83. The lowest BCUT2D eigenvalue weighted by molar-refractivity contribution is 0.141. The van der Waals surface area contributed by atoms with E-state index in [4.69, 9.17) is 4.74 Å². The first-order chi connectivity index (χ1) is 9.23. The van der Waals surface area contributed by atoms with Crippen molar-refractivity contribution in [3.05, 3.63) is 29.8 Å². The molecule has 0 heterocycles. The molecule has 0 bridgehead atoms. The van der Waals surface area contributed by atoms with E-state index >= 15 is 0 Å². The topological polar surface area (TPSA) is 41.5 Å². The fourth-order valence-electron chi connectivity index (χ4n) is 3.00. The van der Waals surface area contributed by atoms with Gasteiger partial charge < -0.3 is 15.2 Å². The summed E-state index contributed by atoms with van der Waals surface area (Å²) in [6.45, 7) is 5.31. The summed E-state index contributed by atoms with van der Waals surface area (Å²) < 4.78 is 6.15. The van der Waals surface area contributed by atoms with Gasteiger partial charge in [-0.25, -0.2) is 0 Å². The summed E-state index contributed by atoms with van der Waals surface area (Å²) in [5, 5.41) is 13.0. The lowest BCUT2D eigenvalue weighted by Gasteiger charge is -2.28. The number of aryl methyl sites for hydroxylation is 1. The van der Waals surface area contributed by atoms with Crippen LogP contribution >= 0.6 is 0 Å². The molecule has 2 unspecified atom stereocenters. The lowest BCUT2D eigenvalue weighted by atomic mass is 9.99. The molecule has 0 spiro atoms. The number of hydrogen-bond donors (Lipinski definition) is 2. The lowest BCUT2D eigenvalue weighted by Crippen LogP contribution is -2.46. The highest BCUT2D eigenvalue weighted by Gasteiger charge is 2.39. The summed E-state index contributed by atoms with van der Waals surface area (Å²) in [6, 6.07) is 8.24. The van der Waals surface area contributed by atoms with Crippen molar-refractivity contribution in [2.24, 2.45) is 0 Å². The zero-order valence-corrected chi connectivity index (χ0v) is 12.0. The van der Waals surface area contributed by atoms with Crippen LogP contribution in [-0.2, 0) is 6.42 Å². The van der Waals surface area contributed by atoms with E-state index in [2.05, 4.69) is 31.3 Å². The van der Waals surface area contributed by atoms with E-state index in [0.29, 0.717) is 0 Å². The number of nitrogens with one attached hydrogen (secondary N) is 1. The molecule has 1 aromatic carbocycles. The standard InChI is InChI=1S/C16H25NO2/c1-3-13-7-5-6-8-15(13)19-14-9-10-16(11-14,12-18)17-4-2/h5-8,14,17-18H,3-4,9-12H2,1-2H3. The fraction of sp³-hybridized carbons (Fsp3) is 0.625. The van der Waals surface area contributed by atoms with E-state index in [-0.39, 0.29) is 18.2 Å². The highest BCUT2D eigenvalue weighted by molar-refractivity contribution is 5.33. The Morgan fingerprint density at radius 1 is 1.37 bits per heavy atom. The van der Waals surface area contributed by atoms with Crippen molar-refractivity contribution < 1.29 is 9.84 Å². The van der Waals surface area contributed by atoms with Gasteiger partial charge in [-0.15, -0.1) is 0 Å². The van der Waals surface area contributed by atoms with E-state index in [1.807, 2.05) is 12.1 Å². The van der Waals surface area contributed by atoms with Gasteiger partial charge >= 0.3 is 0 Å². The maximum atomic E-state index is 9.61. The Morgan fingerprint density at radius 2 is 2.16 bits per heavy atom. The van der Waals surface area contributed by atoms with Crippen LogP contribution in [-0.4, -0.2) is 29.9 Å². The van der Waals surface area contributed by atoms with Gasteiger partial charge in [-0.3, -0.25) is 0 Å². The average Bonchev–Trinajstić information content (AvgIpc) is 2.84. The molecule has 0 radical (unpaired) electrons. The number of likely N-dealkylation sites (N-methyl/N-ethyl adjacent to an activating group) is 1. The first kappa shape index (κ1) is 14.4. The maximum Gasteiger partial charge on any atom is 0.122 e. The predicted molar refractivity (Wildman–Crippen MR) is 77.6 cm³/mol. The van der Waals surface area contributed by atoms with E-state index in [1.54, 1.807) is 0 Å². The average molecular weight is 263 g/mol. The molecule has 1 saturated carbocycles. The molecular weight excluding hydrogens is 238 g/mol. The molecule has 1 aliphatic rings. The molecular formula is C16H25NO2. The number of para-hydroxylation sites is 1. The zero-order chi connectivity index (χ0) is 13.7. The van der Waals surface area contributed by atoms with Crippen LogP contribution in [0.3, 0.4) is 0 Å². The first-order valence-electron chi connectivity index (χ1n) is 7.33. The largest absolute Gasteiger partial charge is 0.490 e. The van der Waals surface area contributed by atoms with Crippen molar-refractivity contribution in [3.8, 4) is 5.75 Å². The summed E-state index contributed by atoms with van der Waals surface area (Å²) in [4.78, 5) is 0. The van der Waals surface area contributed by atoms with Gasteiger partial charge in [-0.2, -0.15) is 0 Å². The van der Waals surface area contributed by atoms with E-state index in [1.165, 1.54) is 5.56 Å².